The predicted octanol–water partition coefficient (Wildman–Crippen LogP) is 5.54. The molecule has 0 spiro atoms. The molecule has 5 nitrogen and oxygen atoms in total. The second-order valence-electron chi connectivity index (χ2n) is 5.75. The molecule has 8 heteroatoms. The number of thiazole rings is 1. The van der Waals surface area contributed by atoms with E-state index in [1.54, 1.807) is 30.5 Å². The summed E-state index contributed by atoms with van der Waals surface area (Å²) in [4.78, 5) is 17.4. The first-order valence-corrected chi connectivity index (χ1v) is 9.77. The van der Waals surface area contributed by atoms with Gasteiger partial charge in [-0.1, -0.05) is 34.5 Å². The van der Waals surface area contributed by atoms with Crippen molar-refractivity contribution in [1.29, 1.82) is 0 Å². The third-order valence-corrected chi connectivity index (χ3v) is 5.38. The minimum Gasteiger partial charge on any atom is -0.460 e. The van der Waals surface area contributed by atoms with E-state index in [-0.39, 0.29) is 5.78 Å². The van der Waals surface area contributed by atoms with E-state index in [0.29, 0.717) is 38.7 Å². The molecule has 2 heterocycles. The van der Waals surface area contributed by atoms with Gasteiger partial charge in [0.15, 0.2) is 5.13 Å². The van der Waals surface area contributed by atoms with Crippen LogP contribution in [-0.2, 0) is 4.74 Å². The molecule has 1 N–H and O–H groups in total. The van der Waals surface area contributed by atoms with Gasteiger partial charge in [0, 0.05) is 22.9 Å². The molecule has 27 heavy (non-hydrogen) atoms. The van der Waals surface area contributed by atoms with Crippen molar-refractivity contribution in [3.63, 3.8) is 0 Å². The van der Waals surface area contributed by atoms with Gasteiger partial charge < -0.3 is 14.8 Å². The van der Waals surface area contributed by atoms with Gasteiger partial charge in [-0.15, -0.1) is 0 Å². The van der Waals surface area contributed by atoms with E-state index in [2.05, 4.69) is 10.3 Å². The Kier molecular flexibility index (Phi) is 5.06. The first-order valence-electron chi connectivity index (χ1n) is 8.20. The van der Waals surface area contributed by atoms with Crippen LogP contribution in [0.15, 0.2) is 48.2 Å². The molecule has 1 aromatic heterocycles. The number of nitrogens with one attached hydrogen (secondary N) is 1. The van der Waals surface area contributed by atoms with Gasteiger partial charge in [-0.2, -0.15) is 0 Å². The van der Waals surface area contributed by atoms with Gasteiger partial charge in [-0.05, 0) is 43.3 Å². The molecule has 0 radical (unpaired) electrons. The van der Waals surface area contributed by atoms with Crippen molar-refractivity contribution in [3.05, 3.63) is 63.8 Å². The molecule has 4 rings (SSSR count). The molecule has 0 fully saturated rings. The van der Waals surface area contributed by atoms with Gasteiger partial charge in [0.2, 0.25) is 12.1 Å². The number of carbonyl (C=O) groups excluding carboxylic acids is 1. The second-order valence-corrected chi connectivity index (χ2v) is 7.65. The van der Waals surface area contributed by atoms with Crippen molar-refractivity contribution in [2.24, 2.45) is 0 Å². The molecule has 0 aliphatic carbocycles. The average Bonchev–Trinajstić information content (AvgIpc) is 3.04. The predicted molar refractivity (Wildman–Crippen MR) is 108 cm³/mol. The Morgan fingerprint density at radius 2 is 2.04 bits per heavy atom. The number of ketones is 1. The number of ether oxygens (including phenoxy) is 2. The monoisotopic (exact) mass is 420 g/mol. The largest absolute Gasteiger partial charge is 0.460 e. The summed E-state index contributed by atoms with van der Waals surface area (Å²) in [5, 5.41) is 4.83. The first-order chi connectivity index (χ1) is 13.0. The van der Waals surface area contributed by atoms with E-state index in [1.807, 2.05) is 19.1 Å². The maximum absolute atomic E-state index is 12.9. The molecule has 1 unspecified atom stereocenters. The fraction of sp³-hybridized carbons (Fsp3) is 0.158. The highest BCUT2D eigenvalue weighted by atomic mass is 35.5. The third-order valence-electron chi connectivity index (χ3n) is 3.96. The highest BCUT2D eigenvalue weighted by Gasteiger charge is 2.32. The summed E-state index contributed by atoms with van der Waals surface area (Å²) in [5.74, 6) is 0.253. The molecule has 1 aliphatic heterocycles. The average molecular weight is 421 g/mol. The Bertz CT molecular complexity index is 1060. The maximum atomic E-state index is 12.9. The van der Waals surface area contributed by atoms with Crippen molar-refractivity contribution < 1.29 is 14.3 Å². The van der Waals surface area contributed by atoms with Crippen molar-refractivity contribution in [2.45, 2.75) is 13.2 Å². The van der Waals surface area contributed by atoms with Crippen LogP contribution >= 0.6 is 34.5 Å². The Labute approximate surface area is 169 Å². The zero-order chi connectivity index (χ0) is 19.0. The quantitative estimate of drug-likeness (QED) is 0.561. The summed E-state index contributed by atoms with van der Waals surface area (Å²) in [6.07, 6.45) is 0.777. The number of nitrogens with zero attached hydrogens (tertiary/aromatic N) is 1. The Morgan fingerprint density at radius 1 is 1.26 bits per heavy atom. The number of halogens is 2. The number of benzene rings is 2. The number of fused-ring (bicyclic) bond motifs is 2. The lowest BCUT2D eigenvalue weighted by molar-refractivity contribution is -0.0509. The summed E-state index contributed by atoms with van der Waals surface area (Å²) in [6.45, 7) is 2.24. The van der Waals surface area contributed by atoms with Crippen LogP contribution in [0.25, 0.3) is 10.2 Å². The molecule has 0 amide bonds. The normalized spacial score (nSPS) is 17.8. The molecule has 2 aromatic carbocycles. The van der Waals surface area contributed by atoms with Crippen LogP contribution in [0.5, 0.6) is 5.75 Å². The summed E-state index contributed by atoms with van der Waals surface area (Å²) >= 11 is 13.5. The van der Waals surface area contributed by atoms with Crippen LogP contribution in [-0.4, -0.2) is 23.7 Å². The lowest BCUT2D eigenvalue weighted by atomic mass is 10.00. The zero-order valence-electron chi connectivity index (χ0n) is 14.2. The van der Waals surface area contributed by atoms with E-state index >= 15 is 0 Å². The van der Waals surface area contributed by atoms with Crippen molar-refractivity contribution >= 4 is 55.7 Å². The molecule has 0 saturated heterocycles. The van der Waals surface area contributed by atoms with Gasteiger partial charge in [-0.3, -0.25) is 4.79 Å². The molecule has 1 atom stereocenters. The van der Waals surface area contributed by atoms with E-state index in [4.69, 9.17) is 32.7 Å². The molecular weight excluding hydrogens is 407 g/mol. The van der Waals surface area contributed by atoms with E-state index in [1.165, 1.54) is 11.3 Å². The number of Topliss-reactive ketones (excluding diaryl/α,β-unsaturated/α-hetero) is 1. The number of rotatable bonds is 4. The Hall–Kier alpha value is -2.12. The zero-order valence-corrected chi connectivity index (χ0v) is 16.5. The number of hydrogen-bond donors (Lipinski definition) is 1. The molecule has 1 aliphatic rings. The van der Waals surface area contributed by atoms with Crippen LogP contribution in [0.2, 0.25) is 10.0 Å². The Balaban J connectivity index is 1.67. The lowest BCUT2D eigenvalue weighted by Gasteiger charge is -2.27. The van der Waals surface area contributed by atoms with Crippen LogP contribution in [0.4, 0.5) is 5.13 Å². The van der Waals surface area contributed by atoms with Crippen molar-refractivity contribution in [3.8, 4) is 5.75 Å². The van der Waals surface area contributed by atoms with Crippen molar-refractivity contribution in [1.82, 2.24) is 4.98 Å². The number of aromatic nitrogens is 1. The van der Waals surface area contributed by atoms with E-state index < -0.39 is 6.29 Å². The highest BCUT2D eigenvalue weighted by Crippen LogP contribution is 2.34. The molecule has 0 saturated carbocycles. The topological polar surface area (TPSA) is 60.5 Å². The second kappa shape index (κ2) is 7.48. The van der Waals surface area contributed by atoms with Gasteiger partial charge in [0.05, 0.1) is 21.4 Å². The number of carbonyl (C=O) groups is 1. The summed E-state index contributed by atoms with van der Waals surface area (Å²) in [6, 6.07) is 10.4. The van der Waals surface area contributed by atoms with Crippen LogP contribution < -0.4 is 10.1 Å². The van der Waals surface area contributed by atoms with Crippen molar-refractivity contribution in [2.75, 3.05) is 11.9 Å². The molecule has 138 valence electrons. The van der Waals surface area contributed by atoms with Crippen LogP contribution in [0.1, 0.15) is 17.3 Å². The summed E-state index contributed by atoms with van der Waals surface area (Å²) in [5.41, 5.74) is 1.58. The van der Waals surface area contributed by atoms with Crippen LogP contribution in [0, 0.1) is 0 Å². The molecule has 0 bridgehead atoms. The Morgan fingerprint density at radius 3 is 2.85 bits per heavy atom. The number of anilines is 1. The molecular formula is C19H14Cl2N2O3S. The third kappa shape index (κ3) is 3.66. The SMILES string of the molecule is CCOC1Oc2ccc(Cl)cc2C(=O)/C1=C/Nc1nc2ccc(Cl)cc2s1. The molecule has 3 aromatic rings. The maximum Gasteiger partial charge on any atom is 0.232 e. The summed E-state index contributed by atoms with van der Waals surface area (Å²) < 4.78 is 12.4. The smallest absolute Gasteiger partial charge is 0.232 e. The van der Waals surface area contributed by atoms with Gasteiger partial charge >= 0.3 is 0 Å². The first kappa shape index (κ1) is 18.3. The van der Waals surface area contributed by atoms with Gasteiger partial charge in [0.25, 0.3) is 0 Å². The fourth-order valence-corrected chi connectivity index (χ4v) is 4.02. The standard InChI is InChI=1S/C19H14Cl2N2O3S/c1-2-25-18-13(17(24)12-7-10(20)4-6-15(12)26-18)9-22-19-23-14-5-3-11(21)8-16(14)27-19/h3-9,18H,2H2,1H3,(H,22,23)/b13-9-. The minimum absolute atomic E-state index is 0.200. The highest BCUT2D eigenvalue weighted by molar-refractivity contribution is 7.22. The van der Waals surface area contributed by atoms with Crippen LogP contribution in [0.3, 0.4) is 0 Å². The van der Waals surface area contributed by atoms with Gasteiger partial charge in [0.1, 0.15) is 5.75 Å². The van der Waals surface area contributed by atoms with Gasteiger partial charge in [-0.25, -0.2) is 4.98 Å². The lowest BCUT2D eigenvalue weighted by Crippen LogP contribution is -2.33. The fourth-order valence-electron chi connectivity index (χ4n) is 2.73. The summed E-state index contributed by atoms with van der Waals surface area (Å²) in [7, 11) is 0. The number of hydrogen-bond acceptors (Lipinski definition) is 6. The minimum atomic E-state index is -0.799. The van der Waals surface area contributed by atoms with E-state index in [0.717, 1.165) is 10.2 Å². The van der Waals surface area contributed by atoms with E-state index in [9.17, 15) is 4.79 Å².